The van der Waals surface area contributed by atoms with Crippen molar-refractivity contribution >= 4 is 41.6 Å². The molecule has 1 aliphatic rings. The Hall–Kier alpha value is -4.07. The zero-order chi connectivity index (χ0) is 30.8. The first-order valence-corrected chi connectivity index (χ1v) is 15.0. The third-order valence-electron chi connectivity index (χ3n) is 6.72. The summed E-state index contributed by atoms with van der Waals surface area (Å²) < 4.78 is 47.0. The van der Waals surface area contributed by atoms with E-state index < -0.39 is 32.7 Å². The summed E-state index contributed by atoms with van der Waals surface area (Å²) in [6.07, 6.45) is 4.15. The number of rotatable bonds is 12. The number of amides is 2. The zero-order valence-corrected chi connectivity index (χ0v) is 24.7. The summed E-state index contributed by atoms with van der Waals surface area (Å²) in [5.41, 5.74) is -0.503. The second-order valence-corrected chi connectivity index (χ2v) is 12.5. The SMILES string of the molecule is [B]C(C)(F)COc1ccc(NC(=O)c2c(CC)nn(-c3ccc(C=N)cn3)c2C(=O)N(C)S(=O)(=O)C2CC2)c(CC)c1. The quantitative estimate of drug-likeness (QED) is 0.241. The zero-order valence-electron chi connectivity index (χ0n) is 23.8. The maximum absolute atomic E-state index is 13.9. The molecule has 3 aromatic rings. The minimum absolute atomic E-state index is 0.0861. The van der Waals surface area contributed by atoms with Crippen molar-refractivity contribution in [1.29, 1.82) is 5.41 Å². The largest absolute Gasteiger partial charge is 0.491 e. The average Bonchev–Trinajstić information content (AvgIpc) is 3.76. The minimum Gasteiger partial charge on any atom is -0.491 e. The van der Waals surface area contributed by atoms with E-state index in [2.05, 4.69) is 15.4 Å². The molecule has 11 nitrogen and oxygen atoms in total. The third-order valence-corrected chi connectivity index (χ3v) is 8.96. The number of hydrogen-bond acceptors (Lipinski definition) is 8. The van der Waals surface area contributed by atoms with Crippen LogP contribution in [0.4, 0.5) is 10.1 Å². The molecular formula is C28H32BFN6O5S. The van der Waals surface area contributed by atoms with Crippen LogP contribution in [0.15, 0.2) is 36.5 Å². The van der Waals surface area contributed by atoms with E-state index >= 15 is 0 Å². The van der Waals surface area contributed by atoms with Crippen molar-refractivity contribution in [2.24, 2.45) is 0 Å². The van der Waals surface area contributed by atoms with E-state index in [9.17, 15) is 22.4 Å². The Morgan fingerprint density at radius 1 is 1.26 bits per heavy atom. The van der Waals surface area contributed by atoms with Crippen LogP contribution in [0.5, 0.6) is 5.75 Å². The van der Waals surface area contributed by atoms with Crippen LogP contribution in [0.1, 0.15) is 71.3 Å². The van der Waals surface area contributed by atoms with Gasteiger partial charge in [-0.05, 0) is 68.5 Å². The molecule has 1 atom stereocenters. The van der Waals surface area contributed by atoms with Crippen molar-refractivity contribution in [2.45, 2.75) is 57.3 Å². The molecule has 1 aromatic carbocycles. The van der Waals surface area contributed by atoms with Gasteiger partial charge >= 0.3 is 0 Å². The number of anilines is 1. The van der Waals surface area contributed by atoms with Gasteiger partial charge in [0.2, 0.25) is 10.0 Å². The van der Waals surface area contributed by atoms with Gasteiger partial charge < -0.3 is 15.5 Å². The molecule has 2 amide bonds. The second kappa shape index (κ2) is 12.0. The molecule has 0 aliphatic heterocycles. The number of alkyl halides is 1. The van der Waals surface area contributed by atoms with Gasteiger partial charge in [-0.15, -0.1) is 0 Å². The molecule has 1 aliphatic carbocycles. The van der Waals surface area contributed by atoms with Gasteiger partial charge in [0.15, 0.2) is 5.82 Å². The Morgan fingerprint density at radius 2 is 1.98 bits per heavy atom. The standard InChI is InChI=1S/C28H32BFN6O5S/c1-5-18-13-19(41-16-28(3,29)30)8-11-22(18)33-26(37)24-21(6-2)34-36(23-12-7-17(14-31)15-32-23)25(24)27(38)35(4)42(39,40)20-9-10-20/h7-8,11-15,20,31H,5-6,9-10,16H2,1-4H3,(H,33,37). The molecule has 4 rings (SSSR count). The summed E-state index contributed by atoms with van der Waals surface area (Å²) in [4.78, 5) is 32.0. The lowest BCUT2D eigenvalue weighted by Gasteiger charge is -2.19. The predicted molar refractivity (Wildman–Crippen MR) is 157 cm³/mol. The lowest BCUT2D eigenvalue weighted by atomic mass is 9.87. The number of benzene rings is 1. The van der Waals surface area contributed by atoms with Gasteiger partial charge in [-0.3, -0.25) is 14.0 Å². The predicted octanol–water partition coefficient (Wildman–Crippen LogP) is 3.44. The van der Waals surface area contributed by atoms with Crippen LogP contribution in [-0.2, 0) is 22.9 Å². The van der Waals surface area contributed by atoms with E-state index in [0.29, 0.717) is 46.1 Å². The first kappa shape index (κ1) is 30.9. The molecule has 2 N–H and O–H groups in total. The Morgan fingerprint density at radius 3 is 2.52 bits per heavy atom. The number of hydrogen-bond donors (Lipinski definition) is 2. The number of pyridine rings is 1. The summed E-state index contributed by atoms with van der Waals surface area (Å²) in [7, 11) is 2.60. The van der Waals surface area contributed by atoms with Crippen molar-refractivity contribution in [3.8, 4) is 11.6 Å². The first-order chi connectivity index (χ1) is 19.8. The smallest absolute Gasteiger partial charge is 0.286 e. The molecule has 0 bridgehead atoms. The number of nitrogens with one attached hydrogen (secondary N) is 2. The van der Waals surface area contributed by atoms with E-state index in [4.69, 9.17) is 18.0 Å². The summed E-state index contributed by atoms with van der Waals surface area (Å²) in [5, 5.41) is 14.1. The molecule has 220 valence electrons. The molecular weight excluding hydrogens is 562 g/mol. The van der Waals surface area contributed by atoms with Crippen LogP contribution in [0, 0.1) is 5.41 Å². The van der Waals surface area contributed by atoms with Gasteiger partial charge in [-0.1, -0.05) is 13.8 Å². The van der Waals surface area contributed by atoms with E-state index in [0.717, 1.165) is 6.21 Å². The maximum Gasteiger partial charge on any atom is 0.286 e. The number of ether oxygens (including phenoxy) is 1. The van der Waals surface area contributed by atoms with Gasteiger partial charge in [0, 0.05) is 30.7 Å². The highest BCUT2D eigenvalue weighted by Crippen LogP contribution is 2.32. The highest BCUT2D eigenvalue weighted by atomic mass is 32.2. The number of halogens is 1. The van der Waals surface area contributed by atoms with E-state index in [1.54, 1.807) is 31.2 Å². The van der Waals surface area contributed by atoms with Crippen molar-refractivity contribution in [1.82, 2.24) is 19.1 Å². The number of sulfonamides is 1. The van der Waals surface area contributed by atoms with E-state index in [-0.39, 0.29) is 35.8 Å². The molecule has 0 spiro atoms. The van der Waals surface area contributed by atoms with Crippen LogP contribution < -0.4 is 10.1 Å². The highest BCUT2D eigenvalue weighted by molar-refractivity contribution is 7.90. The fourth-order valence-corrected chi connectivity index (χ4v) is 5.76. The Labute approximate surface area is 245 Å². The van der Waals surface area contributed by atoms with Crippen molar-refractivity contribution in [3.63, 3.8) is 0 Å². The van der Waals surface area contributed by atoms with E-state index in [1.165, 1.54) is 30.9 Å². The molecule has 2 heterocycles. The van der Waals surface area contributed by atoms with Gasteiger partial charge in [0.1, 0.15) is 25.9 Å². The minimum atomic E-state index is -3.94. The fraction of sp³-hybridized carbons (Fsp3) is 0.393. The molecule has 1 unspecified atom stereocenters. The number of carbonyl (C=O) groups is 2. The van der Waals surface area contributed by atoms with Gasteiger partial charge in [0.25, 0.3) is 11.8 Å². The topological polar surface area (TPSA) is 147 Å². The molecule has 1 fully saturated rings. The number of nitrogens with zero attached hydrogens (tertiary/aromatic N) is 4. The Balaban J connectivity index is 1.78. The summed E-state index contributed by atoms with van der Waals surface area (Å²) in [6, 6.07) is 7.92. The Bertz CT molecular complexity index is 1610. The van der Waals surface area contributed by atoms with Crippen LogP contribution in [0.3, 0.4) is 0 Å². The third kappa shape index (κ3) is 6.53. The maximum atomic E-state index is 13.9. The molecule has 0 saturated heterocycles. The van der Waals surface area contributed by atoms with Crippen LogP contribution in [0.2, 0.25) is 0 Å². The number of carbonyl (C=O) groups excluding carboxylic acids is 2. The molecule has 2 radical (unpaired) electrons. The number of aromatic nitrogens is 3. The molecule has 14 heteroatoms. The lowest BCUT2D eigenvalue weighted by Crippen LogP contribution is -2.37. The van der Waals surface area contributed by atoms with E-state index in [1.807, 2.05) is 6.92 Å². The molecule has 42 heavy (non-hydrogen) atoms. The average molecular weight is 594 g/mol. The van der Waals surface area contributed by atoms with Crippen molar-refractivity contribution < 1.29 is 27.1 Å². The second-order valence-electron chi connectivity index (χ2n) is 10.2. The first-order valence-electron chi connectivity index (χ1n) is 13.5. The fourth-order valence-electron chi connectivity index (χ4n) is 4.26. The number of aryl methyl sites for hydroxylation is 2. The lowest BCUT2D eigenvalue weighted by molar-refractivity contribution is 0.0866. The van der Waals surface area contributed by atoms with Crippen LogP contribution >= 0.6 is 0 Å². The van der Waals surface area contributed by atoms with Gasteiger partial charge in [-0.25, -0.2) is 22.4 Å². The highest BCUT2D eigenvalue weighted by Gasteiger charge is 2.43. The summed E-state index contributed by atoms with van der Waals surface area (Å²) in [6.45, 7) is 4.45. The summed E-state index contributed by atoms with van der Waals surface area (Å²) in [5.74, 6) is -1.06. The normalized spacial score (nSPS) is 14.6. The molecule has 1 saturated carbocycles. The van der Waals surface area contributed by atoms with Crippen molar-refractivity contribution in [3.05, 3.63) is 64.6 Å². The summed E-state index contributed by atoms with van der Waals surface area (Å²) >= 11 is 0. The Kier molecular flexibility index (Phi) is 8.85. The monoisotopic (exact) mass is 594 g/mol. The van der Waals surface area contributed by atoms with Gasteiger partial charge in [-0.2, -0.15) is 5.10 Å². The van der Waals surface area contributed by atoms with Crippen LogP contribution in [0.25, 0.3) is 5.82 Å². The van der Waals surface area contributed by atoms with Crippen molar-refractivity contribution in [2.75, 3.05) is 19.0 Å². The van der Waals surface area contributed by atoms with Gasteiger partial charge in [0.05, 0.1) is 22.1 Å². The van der Waals surface area contributed by atoms with Crippen LogP contribution in [-0.4, -0.2) is 77.8 Å². The molecule has 2 aromatic heterocycles.